The van der Waals surface area contributed by atoms with Gasteiger partial charge in [-0.1, -0.05) is 24.8 Å². The standard InChI is InChI=1S/C22H20O6/c1-4-10-26-20(23)13-27-18-9-8-17-21(24)19(28-22(17)14(18)2)12-15-6-5-7-16(11-15)25-3/h4-9,11-12H,1,10,13H2,2-3H3/b19-12-. The Labute approximate surface area is 163 Å². The molecule has 6 nitrogen and oxygen atoms in total. The van der Waals surface area contributed by atoms with Crippen molar-refractivity contribution in [3.05, 3.63) is 71.5 Å². The number of benzene rings is 2. The molecule has 2 aromatic rings. The van der Waals surface area contributed by atoms with E-state index in [2.05, 4.69) is 6.58 Å². The van der Waals surface area contributed by atoms with E-state index in [9.17, 15) is 9.59 Å². The SMILES string of the molecule is C=CCOC(=O)COc1ccc2c(c1C)O/C(=C\c1cccc(OC)c1)C2=O. The van der Waals surface area contributed by atoms with E-state index in [4.69, 9.17) is 18.9 Å². The first-order valence-corrected chi connectivity index (χ1v) is 8.64. The van der Waals surface area contributed by atoms with Crippen LogP contribution in [-0.4, -0.2) is 32.1 Å². The molecule has 1 aliphatic rings. The Morgan fingerprint density at radius 2 is 2.07 bits per heavy atom. The van der Waals surface area contributed by atoms with Gasteiger partial charge in [0.25, 0.3) is 0 Å². The molecule has 0 saturated heterocycles. The highest BCUT2D eigenvalue weighted by Gasteiger charge is 2.30. The van der Waals surface area contributed by atoms with E-state index in [1.54, 1.807) is 32.2 Å². The second-order valence-corrected chi connectivity index (χ2v) is 6.04. The molecule has 0 atom stereocenters. The van der Waals surface area contributed by atoms with Crippen LogP contribution in [0.2, 0.25) is 0 Å². The van der Waals surface area contributed by atoms with E-state index in [1.807, 2.05) is 24.3 Å². The van der Waals surface area contributed by atoms with Gasteiger partial charge in [0.1, 0.15) is 23.9 Å². The zero-order valence-electron chi connectivity index (χ0n) is 15.7. The number of ether oxygens (including phenoxy) is 4. The molecule has 0 aromatic heterocycles. The third kappa shape index (κ3) is 4.06. The largest absolute Gasteiger partial charge is 0.497 e. The number of esters is 1. The molecule has 0 unspecified atom stereocenters. The second kappa shape index (κ2) is 8.43. The van der Waals surface area contributed by atoms with Crippen molar-refractivity contribution < 1.29 is 28.5 Å². The maximum Gasteiger partial charge on any atom is 0.344 e. The van der Waals surface area contributed by atoms with Crippen molar-refractivity contribution in [2.75, 3.05) is 20.3 Å². The highest BCUT2D eigenvalue weighted by molar-refractivity contribution is 6.15. The van der Waals surface area contributed by atoms with Crippen LogP contribution in [0, 0.1) is 6.92 Å². The van der Waals surface area contributed by atoms with Crippen molar-refractivity contribution in [3.8, 4) is 17.2 Å². The minimum absolute atomic E-state index is 0.126. The van der Waals surface area contributed by atoms with Gasteiger partial charge < -0.3 is 18.9 Å². The minimum atomic E-state index is -0.504. The topological polar surface area (TPSA) is 71.1 Å². The summed E-state index contributed by atoms with van der Waals surface area (Å²) in [7, 11) is 1.58. The molecule has 0 saturated carbocycles. The Morgan fingerprint density at radius 3 is 2.82 bits per heavy atom. The molecule has 0 spiro atoms. The molecule has 0 radical (unpaired) electrons. The van der Waals surface area contributed by atoms with Crippen LogP contribution >= 0.6 is 0 Å². The molecular formula is C22H20O6. The van der Waals surface area contributed by atoms with Crippen LogP contribution in [0.3, 0.4) is 0 Å². The fourth-order valence-corrected chi connectivity index (χ4v) is 2.74. The smallest absolute Gasteiger partial charge is 0.344 e. The van der Waals surface area contributed by atoms with Crippen LogP contribution in [0.1, 0.15) is 21.5 Å². The predicted octanol–water partition coefficient (Wildman–Crippen LogP) is 3.73. The van der Waals surface area contributed by atoms with Crippen LogP contribution < -0.4 is 14.2 Å². The number of methoxy groups -OCH3 is 1. The van der Waals surface area contributed by atoms with Crippen molar-refractivity contribution in [3.63, 3.8) is 0 Å². The fraction of sp³-hybridized carbons (Fsp3) is 0.182. The first kappa shape index (κ1) is 19.2. The highest BCUT2D eigenvalue weighted by atomic mass is 16.6. The molecule has 0 fully saturated rings. The van der Waals surface area contributed by atoms with Gasteiger partial charge in [0.15, 0.2) is 12.4 Å². The summed E-state index contributed by atoms with van der Waals surface area (Å²) in [6.45, 7) is 5.13. The summed E-state index contributed by atoms with van der Waals surface area (Å²) in [5.41, 5.74) is 1.87. The molecule has 1 aliphatic heterocycles. The predicted molar refractivity (Wildman–Crippen MR) is 104 cm³/mol. The van der Waals surface area contributed by atoms with Gasteiger partial charge in [-0.25, -0.2) is 4.79 Å². The van der Waals surface area contributed by atoms with Gasteiger partial charge in [-0.15, -0.1) is 0 Å². The number of allylic oxidation sites excluding steroid dienone is 1. The Kier molecular flexibility index (Phi) is 5.79. The third-order valence-corrected chi connectivity index (χ3v) is 4.14. The second-order valence-electron chi connectivity index (χ2n) is 6.04. The van der Waals surface area contributed by atoms with Gasteiger partial charge in [0.2, 0.25) is 5.78 Å². The maximum absolute atomic E-state index is 12.7. The Hall–Kier alpha value is -3.54. The number of carbonyl (C=O) groups excluding carboxylic acids is 2. The molecule has 0 aliphatic carbocycles. The van der Waals surface area contributed by atoms with Gasteiger partial charge in [-0.3, -0.25) is 4.79 Å². The summed E-state index contributed by atoms with van der Waals surface area (Å²) in [4.78, 5) is 24.2. The lowest BCUT2D eigenvalue weighted by Gasteiger charge is -2.11. The third-order valence-electron chi connectivity index (χ3n) is 4.14. The Bertz CT molecular complexity index is 957. The first-order valence-electron chi connectivity index (χ1n) is 8.64. The van der Waals surface area contributed by atoms with Crippen molar-refractivity contribution in [1.82, 2.24) is 0 Å². The number of rotatable bonds is 7. The highest BCUT2D eigenvalue weighted by Crippen LogP contribution is 2.39. The lowest BCUT2D eigenvalue weighted by molar-refractivity contribution is -0.144. The monoisotopic (exact) mass is 380 g/mol. The average Bonchev–Trinajstić information content (AvgIpc) is 3.02. The van der Waals surface area contributed by atoms with Gasteiger partial charge in [-0.2, -0.15) is 0 Å². The molecule has 0 N–H and O–H groups in total. The summed E-state index contributed by atoms with van der Waals surface area (Å²) < 4.78 is 21.4. The molecule has 6 heteroatoms. The summed E-state index contributed by atoms with van der Waals surface area (Å²) in [6, 6.07) is 10.6. The van der Waals surface area contributed by atoms with Crippen LogP contribution in [0.25, 0.3) is 6.08 Å². The lowest BCUT2D eigenvalue weighted by atomic mass is 10.1. The van der Waals surface area contributed by atoms with Crippen molar-refractivity contribution in [2.45, 2.75) is 6.92 Å². The first-order chi connectivity index (χ1) is 13.5. The van der Waals surface area contributed by atoms with Crippen LogP contribution in [-0.2, 0) is 9.53 Å². The number of hydrogen-bond donors (Lipinski definition) is 0. The number of Topliss-reactive ketones (excluding diaryl/α,β-unsaturated/α-hetero) is 1. The van der Waals surface area contributed by atoms with E-state index in [0.717, 1.165) is 5.56 Å². The van der Waals surface area contributed by atoms with Crippen molar-refractivity contribution in [1.29, 1.82) is 0 Å². The number of carbonyl (C=O) groups is 2. The maximum atomic E-state index is 12.7. The number of fused-ring (bicyclic) bond motifs is 1. The zero-order chi connectivity index (χ0) is 20.1. The number of hydrogen-bond acceptors (Lipinski definition) is 6. The summed E-state index contributed by atoms with van der Waals surface area (Å²) in [6.07, 6.45) is 3.14. The van der Waals surface area contributed by atoms with Gasteiger partial charge in [0, 0.05) is 5.56 Å². The molecule has 28 heavy (non-hydrogen) atoms. The minimum Gasteiger partial charge on any atom is -0.497 e. The molecule has 144 valence electrons. The molecule has 0 amide bonds. The van der Waals surface area contributed by atoms with E-state index in [-0.39, 0.29) is 24.8 Å². The molecule has 2 aromatic carbocycles. The summed E-state index contributed by atoms with van der Waals surface area (Å²) in [5, 5.41) is 0. The van der Waals surface area contributed by atoms with E-state index >= 15 is 0 Å². The number of ketones is 1. The Morgan fingerprint density at radius 1 is 1.25 bits per heavy atom. The van der Waals surface area contributed by atoms with E-state index in [0.29, 0.717) is 28.4 Å². The van der Waals surface area contributed by atoms with Gasteiger partial charge in [0.05, 0.1) is 12.7 Å². The molecule has 1 heterocycles. The van der Waals surface area contributed by atoms with Gasteiger partial charge >= 0.3 is 5.97 Å². The average molecular weight is 380 g/mol. The summed E-state index contributed by atoms with van der Waals surface area (Å²) >= 11 is 0. The van der Waals surface area contributed by atoms with E-state index in [1.165, 1.54) is 6.08 Å². The fourth-order valence-electron chi connectivity index (χ4n) is 2.74. The molecule has 3 rings (SSSR count). The van der Waals surface area contributed by atoms with E-state index < -0.39 is 5.97 Å². The summed E-state index contributed by atoms with van der Waals surface area (Å²) in [5.74, 6) is 1.07. The molecule has 0 bridgehead atoms. The van der Waals surface area contributed by atoms with Crippen LogP contribution in [0.5, 0.6) is 17.2 Å². The lowest BCUT2D eigenvalue weighted by Crippen LogP contribution is -2.15. The normalized spacial score (nSPS) is 13.6. The molecular weight excluding hydrogens is 360 g/mol. The quantitative estimate of drug-likeness (QED) is 0.414. The zero-order valence-corrected chi connectivity index (χ0v) is 15.7. The van der Waals surface area contributed by atoms with Gasteiger partial charge in [-0.05, 0) is 42.8 Å². The Balaban J connectivity index is 1.79. The van der Waals surface area contributed by atoms with Crippen LogP contribution in [0.15, 0.2) is 54.8 Å². The van der Waals surface area contributed by atoms with Crippen LogP contribution in [0.4, 0.5) is 0 Å². The van der Waals surface area contributed by atoms with Crippen molar-refractivity contribution >= 4 is 17.8 Å². The van der Waals surface area contributed by atoms with Crippen molar-refractivity contribution in [2.24, 2.45) is 0 Å².